The fraction of sp³-hybridized carbons (Fsp3) is 0.500. The molecule has 1 aliphatic heterocycles. The van der Waals surface area contributed by atoms with E-state index in [1.54, 1.807) is 7.11 Å². The molecule has 5 nitrogen and oxygen atoms in total. The summed E-state index contributed by atoms with van der Waals surface area (Å²) in [7, 11) is 1.63. The summed E-state index contributed by atoms with van der Waals surface area (Å²) in [5.41, 5.74) is 1.22. The summed E-state index contributed by atoms with van der Waals surface area (Å²) < 4.78 is 4.91. The number of carbonyl (C=O) groups excluding carboxylic acids is 1. The number of hydrogen-bond acceptors (Lipinski definition) is 3. The first-order valence-corrected chi connectivity index (χ1v) is 6.63. The lowest BCUT2D eigenvalue weighted by atomic mass is 10.2. The van der Waals surface area contributed by atoms with Gasteiger partial charge in [-0.25, -0.2) is 4.79 Å². The molecule has 1 fully saturated rings. The number of rotatable bonds is 4. The minimum atomic E-state index is 0.00441. The van der Waals surface area contributed by atoms with Crippen molar-refractivity contribution >= 4 is 11.7 Å². The molecular formula is C14H21N3O2. The second kappa shape index (κ2) is 6.99. The number of nitrogens with one attached hydrogen (secondary N) is 1. The molecular weight excluding hydrogens is 242 g/mol. The van der Waals surface area contributed by atoms with Crippen LogP contribution in [0.5, 0.6) is 0 Å². The number of piperazine rings is 1. The number of methoxy groups -OCH3 is 1. The van der Waals surface area contributed by atoms with E-state index in [9.17, 15) is 4.79 Å². The van der Waals surface area contributed by atoms with Gasteiger partial charge in [0.2, 0.25) is 0 Å². The van der Waals surface area contributed by atoms with Crippen molar-refractivity contribution in [3.05, 3.63) is 30.3 Å². The van der Waals surface area contributed by atoms with Gasteiger partial charge in [-0.1, -0.05) is 18.2 Å². The van der Waals surface area contributed by atoms with Crippen LogP contribution in [-0.4, -0.2) is 57.4 Å². The van der Waals surface area contributed by atoms with Crippen LogP contribution in [0.25, 0.3) is 0 Å². The highest BCUT2D eigenvalue weighted by atomic mass is 16.5. The predicted octanol–water partition coefficient (Wildman–Crippen LogP) is 1.16. The third-order valence-corrected chi connectivity index (χ3v) is 3.27. The Morgan fingerprint density at radius 2 is 1.89 bits per heavy atom. The van der Waals surface area contributed by atoms with Crippen LogP contribution in [0.15, 0.2) is 30.3 Å². The molecule has 1 saturated heterocycles. The molecule has 1 heterocycles. The molecule has 0 radical (unpaired) electrons. The van der Waals surface area contributed by atoms with Crippen molar-refractivity contribution in [1.82, 2.24) is 10.2 Å². The summed E-state index contributed by atoms with van der Waals surface area (Å²) in [6.45, 7) is 4.38. The number of amides is 2. The number of carbonyl (C=O) groups is 1. The van der Waals surface area contributed by atoms with Gasteiger partial charge < -0.3 is 19.9 Å². The van der Waals surface area contributed by atoms with Crippen molar-refractivity contribution in [2.75, 3.05) is 51.3 Å². The summed E-state index contributed by atoms with van der Waals surface area (Å²) in [5.74, 6) is 0. The maximum Gasteiger partial charge on any atom is 0.317 e. The highest BCUT2D eigenvalue weighted by Crippen LogP contribution is 2.15. The fourth-order valence-corrected chi connectivity index (χ4v) is 2.18. The molecule has 0 atom stereocenters. The van der Waals surface area contributed by atoms with Crippen LogP contribution >= 0.6 is 0 Å². The number of urea groups is 1. The van der Waals surface area contributed by atoms with Gasteiger partial charge in [0.05, 0.1) is 6.61 Å². The van der Waals surface area contributed by atoms with Crippen LogP contribution in [0.4, 0.5) is 10.5 Å². The maximum absolute atomic E-state index is 11.9. The van der Waals surface area contributed by atoms with Gasteiger partial charge in [0.15, 0.2) is 0 Å². The molecule has 1 aromatic carbocycles. The summed E-state index contributed by atoms with van der Waals surface area (Å²) in [6, 6.07) is 10.3. The van der Waals surface area contributed by atoms with Crippen molar-refractivity contribution < 1.29 is 9.53 Å². The molecule has 19 heavy (non-hydrogen) atoms. The topological polar surface area (TPSA) is 44.8 Å². The van der Waals surface area contributed by atoms with Crippen LogP contribution in [-0.2, 0) is 4.74 Å². The molecule has 0 aliphatic carbocycles. The van der Waals surface area contributed by atoms with Gasteiger partial charge in [0.1, 0.15) is 0 Å². The summed E-state index contributed by atoms with van der Waals surface area (Å²) >= 11 is 0. The third kappa shape index (κ3) is 3.86. The number of benzene rings is 1. The molecule has 2 rings (SSSR count). The first kappa shape index (κ1) is 13.7. The Morgan fingerprint density at radius 3 is 2.53 bits per heavy atom. The molecule has 5 heteroatoms. The van der Waals surface area contributed by atoms with Gasteiger partial charge in [-0.15, -0.1) is 0 Å². The van der Waals surface area contributed by atoms with E-state index in [1.807, 2.05) is 23.1 Å². The van der Waals surface area contributed by atoms with Gasteiger partial charge in [-0.3, -0.25) is 0 Å². The monoisotopic (exact) mass is 263 g/mol. The van der Waals surface area contributed by atoms with Crippen LogP contribution in [0.1, 0.15) is 0 Å². The number of anilines is 1. The molecule has 0 bridgehead atoms. The van der Waals surface area contributed by atoms with Gasteiger partial charge in [-0.05, 0) is 12.1 Å². The Bertz CT molecular complexity index is 389. The molecule has 1 aromatic rings. The molecule has 104 valence electrons. The van der Waals surface area contributed by atoms with Crippen molar-refractivity contribution in [2.45, 2.75) is 0 Å². The quantitative estimate of drug-likeness (QED) is 0.829. The molecule has 0 spiro atoms. The fourth-order valence-electron chi connectivity index (χ4n) is 2.18. The molecule has 0 aromatic heterocycles. The van der Waals surface area contributed by atoms with Crippen molar-refractivity contribution in [1.29, 1.82) is 0 Å². The van der Waals surface area contributed by atoms with Crippen molar-refractivity contribution in [2.24, 2.45) is 0 Å². The second-order valence-corrected chi connectivity index (χ2v) is 4.53. The molecule has 1 N–H and O–H groups in total. The first-order chi connectivity index (χ1) is 9.31. The Labute approximate surface area is 114 Å². The lowest BCUT2D eigenvalue weighted by molar-refractivity contribution is 0.177. The average Bonchev–Trinajstić information content (AvgIpc) is 2.48. The molecule has 0 saturated carbocycles. The summed E-state index contributed by atoms with van der Waals surface area (Å²) in [4.78, 5) is 16.0. The third-order valence-electron chi connectivity index (χ3n) is 3.27. The minimum Gasteiger partial charge on any atom is -0.383 e. The van der Waals surface area contributed by atoms with Crippen molar-refractivity contribution in [3.8, 4) is 0 Å². The second-order valence-electron chi connectivity index (χ2n) is 4.53. The lowest BCUT2D eigenvalue weighted by Crippen LogP contribution is -2.52. The van der Waals surface area contributed by atoms with E-state index in [4.69, 9.17) is 4.74 Å². The Kier molecular flexibility index (Phi) is 5.03. The SMILES string of the molecule is COCCNC(=O)N1CCN(c2ccccc2)CC1. The van der Waals surface area contributed by atoms with E-state index in [1.165, 1.54) is 5.69 Å². The van der Waals surface area contributed by atoms with Crippen LogP contribution in [0.3, 0.4) is 0 Å². The Balaban J connectivity index is 1.77. The zero-order chi connectivity index (χ0) is 13.5. The highest BCUT2D eigenvalue weighted by molar-refractivity contribution is 5.74. The van der Waals surface area contributed by atoms with E-state index in [2.05, 4.69) is 22.3 Å². The lowest BCUT2D eigenvalue weighted by Gasteiger charge is -2.36. The summed E-state index contributed by atoms with van der Waals surface area (Å²) in [6.07, 6.45) is 0. The number of ether oxygens (including phenoxy) is 1. The smallest absolute Gasteiger partial charge is 0.317 e. The maximum atomic E-state index is 11.9. The normalized spacial score (nSPS) is 15.4. The van der Waals surface area contributed by atoms with Gasteiger partial charge in [0, 0.05) is 45.5 Å². The average molecular weight is 263 g/mol. The Morgan fingerprint density at radius 1 is 1.21 bits per heavy atom. The molecule has 2 amide bonds. The van der Waals surface area contributed by atoms with Gasteiger partial charge in [-0.2, -0.15) is 0 Å². The van der Waals surface area contributed by atoms with Crippen LogP contribution in [0, 0.1) is 0 Å². The molecule has 0 unspecified atom stereocenters. The largest absolute Gasteiger partial charge is 0.383 e. The number of para-hydroxylation sites is 1. The van der Waals surface area contributed by atoms with Gasteiger partial charge in [0.25, 0.3) is 0 Å². The molecule has 1 aliphatic rings. The van der Waals surface area contributed by atoms with E-state index >= 15 is 0 Å². The summed E-state index contributed by atoms with van der Waals surface area (Å²) in [5, 5.41) is 2.85. The van der Waals surface area contributed by atoms with E-state index in [-0.39, 0.29) is 6.03 Å². The standard InChI is InChI=1S/C14H21N3O2/c1-19-12-7-15-14(18)17-10-8-16(9-11-17)13-5-3-2-4-6-13/h2-6H,7-12H2,1H3,(H,15,18). The highest BCUT2D eigenvalue weighted by Gasteiger charge is 2.20. The van der Waals surface area contributed by atoms with Gasteiger partial charge >= 0.3 is 6.03 Å². The van der Waals surface area contributed by atoms with Crippen LogP contribution < -0.4 is 10.2 Å². The van der Waals surface area contributed by atoms with E-state index in [0.29, 0.717) is 13.2 Å². The zero-order valence-corrected chi connectivity index (χ0v) is 11.3. The first-order valence-electron chi connectivity index (χ1n) is 6.63. The Hall–Kier alpha value is -1.75. The zero-order valence-electron chi connectivity index (χ0n) is 11.3. The predicted molar refractivity (Wildman–Crippen MR) is 75.5 cm³/mol. The van der Waals surface area contributed by atoms with Crippen molar-refractivity contribution in [3.63, 3.8) is 0 Å². The van der Waals surface area contributed by atoms with E-state index < -0.39 is 0 Å². The van der Waals surface area contributed by atoms with Crippen LogP contribution in [0.2, 0.25) is 0 Å². The number of nitrogens with zero attached hydrogens (tertiary/aromatic N) is 2. The minimum absolute atomic E-state index is 0.00441. The number of hydrogen-bond donors (Lipinski definition) is 1. The van der Waals surface area contributed by atoms with E-state index in [0.717, 1.165) is 26.2 Å².